The molecule has 2 heterocycles. The first-order valence-electron chi connectivity index (χ1n) is 5.83. The highest BCUT2D eigenvalue weighted by atomic mass is 16.5. The summed E-state index contributed by atoms with van der Waals surface area (Å²) in [5, 5.41) is 0. The van der Waals surface area contributed by atoms with Crippen LogP contribution in [0.1, 0.15) is 26.0 Å². The fraction of sp³-hybridized carbons (Fsp3) is 0.538. The SMILES string of the molecule is CC(C)C[C@@H]1COC(Cc2ccccn2)=N1. The predicted octanol–water partition coefficient (Wildman–Crippen LogP) is 2.47. The van der Waals surface area contributed by atoms with E-state index < -0.39 is 0 Å². The Labute approximate surface area is 96.6 Å². The van der Waals surface area contributed by atoms with Crippen LogP contribution >= 0.6 is 0 Å². The van der Waals surface area contributed by atoms with Crippen LogP contribution < -0.4 is 0 Å². The molecule has 1 atom stereocenters. The Morgan fingerprint density at radius 3 is 3.00 bits per heavy atom. The number of rotatable bonds is 4. The third-order valence-electron chi connectivity index (χ3n) is 2.57. The molecule has 1 aliphatic heterocycles. The maximum absolute atomic E-state index is 5.58. The average Bonchev–Trinajstić information content (AvgIpc) is 2.66. The number of ether oxygens (including phenoxy) is 1. The Hall–Kier alpha value is -1.38. The van der Waals surface area contributed by atoms with E-state index in [0.717, 1.165) is 31.0 Å². The van der Waals surface area contributed by atoms with Crippen LogP contribution in [-0.4, -0.2) is 23.5 Å². The second-order valence-corrected chi connectivity index (χ2v) is 4.62. The van der Waals surface area contributed by atoms with Gasteiger partial charge < -0.3 is 4.74 Å². The molecular formula is C13H18N2O. The summed E-state index contributed by atoms with van der Waals surface area (Å²) in [6.45, 7) is 5.17. The van der Waals surface area contributed by atoms with Crippen molar-refractivity contribution in [3.63, 3.8) is 0 Å². The van der Waals surface area contributed by atoms with Crippen LogP contribution in [0.3, 0.4) is 0 Å². The Kier molecular flexibility index (Phi) is 3.54. The molecule has 0 saturated heterocycles. The molecule has 0 fully saturated rings. The normalized spacial score (nSPS) is 19.7. The molecule has 1 aromatic heterocycles. The van der Waals surface area contributed by atoms with Crippen molar-refractivity contribution in [2.24, 2.45) is 10.9 Å². The molecule has 0 aromatic carbocycles. The Morgan fingerprint density at radius 1 is 1.44 bits per heavy atom. The Bertz CT molecular complexity index is 359. The molecule has 16 heavy (non-hydrogen) atoms. The molecule has 0 radical (unpaired) electrons. The van der Waals surface area contributed by atoms with Gasteiger partial charge in [0.1, 0.15) is 6.61 Å². The molecule has 1 aliphatic rings. The molecule has 3 heteroatoms. The monoisotopic (exact) mass is 218 g/mol. The maximum Gasteiger partial charge on any atom is 0.189 e. The van der Waals surface area contributed by atoms with Crippen LogP contribution in [0.2, 0.25) is 0 Å². The van der Waals surface area contributed by atoms with E-state index in [4.69, 9.17) is 4.74 Å². The fourth-order valence-corrected chi connectivity index (χ4v) is 1.89. The van der Waals surface area contributed by atoms with Crippen molar-refractivity contribution >= 4 is 5.90 Å². The summed E-state index contributed by atoms with van der Waals surface area (Å²) in [7, 11) is 0. The summed E-state index contributed by atoms with van der Waals surface area (Å²) < 4.78 is 5.58. The van der Waals surface area contributed by atoms with Crippen LogP contribution in [0.5, 0.6) is 0 Å². The van der Waals surface area contributed by atoms with Gasteiger partial charge in [0.2, 0.25) is 0 Å². The van der Waals surface area contributed by atoms with E-state index >= 15 is 0 Å². The van der Waals surface area contributed by atoms with E-state index in [1.54, 1.807) is 6.20 Å². The lowest BCUT2D eigenvalue weighted by Gasteiger charge is -2.06. The van der Waals surface area contributed by atoms with Crippen molar-refractivity contribution in [1.82, 2.24) is 4.98 Å². The van der Waals surface area contributed by atoms with E-state index in [1.165, 1.54) is 0 Å². The molecule has 0 amide bonds. The first-order valence-corrected chi connectivity index (χ1v) is 5.83. The summed E-state index contributed by atoms with van der Waals surface area (Å²) in [6.07, 6.45) is 3.62. The molecule has 0 aliphatic carbocycles. The molecule has 1 aromatic rings. The van der Waals surface area contributed by atoms with Crippen molar-refractivity contribution in [1.29, 1.82) is 0 Å². The molecular weight excluding hydrogens is 200 g/mol. The molecule has 0 unspecified atom stereocenters. The van der Waals surface area contributed by atoms with Crippen molar-refractivity contribution in [2.45, 2.75) is 32.7 Å². The van der Waals surface area contributed by atoms with Gasteiger partial charge in [-0.15, -0.1) is 0 Å². The lowest BCUT2D eigenvalue weighted by Crippen LogP contribution is -2.09. The highest BCUT2D eigenvalue weighted by Gasteiger charge is 2.19. The number of hydrogen-bond donors (Lipinski definition) is 0. The highest BCUT2D eigenvalue weighted by Crippen LogP contribution is 2.15. The largest absolute Gasteiger partial charge is 0.478 e. The number of aromatic nitrogens is 1. The van der Waals surface area contributed by atoms with Crippen LogP contribution in [0.4, 0.5) is 0 Å². The molecule has 0 bridgehead atoms. The molecule has 0 saturated carbocycles. The van der Waals surface area contributed by atoms with E-state index in [0.29, 0.717) is 12.0 Å². The topological polar surface area (TPSA) is 34.5 Å². The standard InChI is InChI=1S/C13H18N2O/c1-10(2)7-12-9-16-13(15-12)8-11-5-3-4-6-14-11/h3-6,10,12H,7-9H2,1-2H3/t12-/m1/s1. The van der Waals surface area contributed by atoms with E-state index in [9.17, 15) is 0 Å². The quantitative estimate of drug-likeness (QED) is 0.778. The maximum atomic E-state index is 5.58. The van der Waals surface area contributed by atoms with Gasteiger partial charge >= 0.3 is 0 Å². The van der Waals surface area contributed by atoms with Crippen molar-refractivity contribution in [2.75, 3.05) is 6.61 Å². The van der Waals surface area contributed by atoms with Gasteiger partial charge in [-0.25, -0.2) is 4.99 Å². The van der Waals surface area contributed by atoms with Crippen molar-refractivity contribution in [3.8, 4) is 0 Å². The lowest BCUT2D eigenvalue weighted by molar-refractivity contribution is 0.296. The minimum atomic E-state index is 0.346. The highest BCUT2D eigenvalue weighted by molar-refractivity contribution is 5.79. The summed E-state index contributed by atoms with van der Waals surface area (Å²) in [6, 6.07) is 6.26. The van der Waals surface area contributed by atoms with E-state index in [2.05, 4.69) is 23.8 Å². The number of aliphatic imine (C=N–C) groups is 1. The van der Waals surface area contributed by atoms with Crippen molar-refractivity contribution < 1.29 is 4.74 Å². The summed E-state index contributed by atoms with van der Waals surface area (Å²) in [5.41, 5.74) is 1.02. The van der Waals surface area contributed by atoms with E-state index in [-0.39, 0.29) is 0 Å². The van der Waals surface area contributed by atoms with Gasteiger partial charge in [-0.2, -0.15) is 0 Å². The third kappa shape index (κ3) is 3.05. The van der Waals surface area contributed by atoms with Crippen LogP contribution in [0, 0.1) is 5.92 Å². The lowest BCUT2D eigenvalue weighted by atomic mass is 10.1. The van der Waals surface area contributed by atoms with Crippen molar-refractivity contribution in [3.05, 3.63) is 30.1 Å². The summed E-state index contributed by atoms with van der Waals surface area (Å²) in [4.78, 5) is 8.85. The molecule has 86 valence electrons. The Morgan fingerprint density at radius 2 is 2.31 bits per heavy atom. The summed E-state index contributed by atoms with van der Waals surface area (Å²) >= 11 is 0. The third-order valence-corrected chi connectivity index (χ3v) is 2.57. The van der Waals surface area contributed by atoms with Gasteiger partial charge in [-0.1, -0.05) is 19.9 Å². The minimum Gasteiger partial charge on any atom is -0.478 e. The zero-order valence-corrected chi connectivity index (χ0v) is 9.89. The van der Waals surface area contributed by atoms with Gasteiger partial charge in [-0.3, -0.25) is 4.98 Å². The minimum absolute atomic E-state index is 0.346. The molecule has 3 nitrogen and oxygen atoms in total. The molecule has 2 rings (SSSR count). The average molecular weight is 218 g/mol. The van der Waals surface area contributed by atoms with Crippen LogP contribution in [0.25, 0.3) is 0 Å². The van der Waals surface area contributed by atoms with Gasteiger partial charge in [0.05, 0.1) is 12.5 Å². The van der Waals surface area contributed by atoms with Gasteiger partial charge in [0, 0.05) is 11.9 Å². The molecule has 0 spiro atoms. The number of nitrogens with zero attached hydrogens (tertiary/aromatic N) is 2. The zero-order chi connectivity index (χ0) is 11.4. The first-order chi connectivity index (χ1) is 7.74. The van der Waals surface area contributed by atoms with E-state index in [1.807, 2.05) is 18.2 Å². The van der Waals surface area contributed by atoms with Gasteiger partial charge in [0.15, 0.2) is 5.90 Å². The first kappa shape index (κ1) is 11.1. The second-order valence-electron chi connectivity index (χ2n) is 4.62. The summed E-state index contributed by atoms with van der Waals surface area (Å²) in [5.74, 6) is 1.51. The second kappa shape index (κ2) is 5.10. The fourth-order valence-electron chi connectivity index (χ4n) is 1.89. The zero-order valence-electron chi connectivity index (χ0n) is 9.89. The Balaban J connectivity index is 1.92. The van der Waals surface area contributed by atoms with Crippen LogP contribution in [-0.2, 0) is 11.2 Å². The molecule has 0 N–H and O–H groups in total. The van der Waals surface area contributed by atoms with Gasteiger partial charge in [-0.05, 0) is 24.5 Å². The smallest absolute Gasteiger partial charge is 0.189 e. The predicted molar refractivity (Wildman–Crippen MR) is 64.6 cm³/mol. The van der Waals surface area contributed by atoms with Crippen LogP contribution in [0.15, 0.2) is 29.4 Å². The number of pyridine rings is 1. The van der Waals surface area contributed by atoms with Gasteiger partial charge in [0.25, 0.3) is 0 Å². The number of hydrogen-bond acceptors (Lipinski definition) is 3.